The summed E-state index contributed by atoms with van der Waals surface area (Å²) in [5.41, 5.74) is 0.626. The van der Waals surface area contributed by atoms with E-state index >= 15 is 0 Å². The topological polar surface area (TPSA) is 62.3 Å². The molecule has 0 bridgehead atoms. The van der Waals surface area contributed by atoms with Crippen molar-refractivity contribution in [2.45, 2.75) is 6.61 Å². The van der Waals surface area contributed by atoms with Gasteiger partial charge in [-0.3, -0.25) is 4.79 Å². The van der Waals surface area contributed by atoms with E-state index in [0.717, 1.165) is 5.39 Å². The van der Waals surface area contributed by atoms with Crippen molar-refractivity contribution in [1.29, 1.82) is 0 Å². The van der Waals surface area contributed by atoms with Crippen LogP contribution in [-0.2, 0) is 6.61 Å². The lowest BCUT2D eigenvalue weighted by Gasteiger charge is -2.06. The zero-order valence-corrected chi connectivity index (χ0v) is 9.34. The van der Waals surface area contributed by atoms with Crippen molar-refractivity contribution in [3.63, 3.8) is 0 Å². The monoisotopic (exact) mass is 239 g/mol. The molecule has 0 fully saturated rings. The Bertz CT molecular complexity index is 592. The lowest BCUT2D eigenvalue weighted by molar-refractivity contribution is 0.280. The minimum Gasteiger partial charge on any atom is -0.495 e. The maximum absolute atomic E-state index is 11.4. The van der Waals surface area contributed by atoms with Gasteiger partial charge in [0.05, 0.1) is 24.3 Å². The number of aromatic nitrogens is 1. The summed E-state index contributed by atoms with van der Waals surface area (Å²) in [6.45, 7) is -0.295. The fourth-order valence-electron chi connectivity index (χ4n) is 1.53. The summed E-state index contributed by atoms with van der Waals surface area (Å²) in [7, 11) is 1.52. The van der Waals surface area contributed by atoms with E-state index in [1.165, 1.54) is 7.11 Å². The third-order valence-corrected chi connectivity index (χ3v) is 2.66. The quantitative estimate of drug-likeness (QED) is 0.838. The molecule has 0 spiro atoms. The van der Waals surface area contributed by atoms with E-state index < -0.39 is 0 Å². The van der Waals surface area contributed by atoms with E-state index in [4.69, 9.17) is 21.4 Å². The zero-order valence-electron chi connectivity index (χ0n) is 8.58. The molecule has 84 valence electrons. The molecule has 0 atom stereocenters. The minimum atomic E-state index is -0.309. The number of methoxy groups -OCH3 is 1. The lowest BCUT2D eigenvalue weighted by Crippen LogP contribution is -2.11. The second-order valence-corrected chi connectivity index (χ2v) is 3.76. The summed E-state index contributed by atoms with van der Waals surface area (Å²) in [6, 6.07) is 4.96. The van der Waals surface area contributed by atoms with Gasteiger partial charge in [-0.2, -0.15) is 0 Å². The lowest BCUT2D eigenvalue weighted by atomic mass is 10.1. The smallest absolute Gasteiger partial charge is 0.253 e. The van der Waals surface area contributed by atoms with E-state index in [9.17, 15) is 4.79 Å². The molecule has 0 aliphatic heterocycles. The Kier molecular flexibility index (Phi) is 2.85. The molecule has 0 saturated carbocycles. The Morgan fingerprint density at radius 3 is 2.81 bits per heavy atom. The molecule has 0 aliphatic carbocycles. The molecular weight excluding hydrogens is 230 g/mol. The highest BCUT2D eigenvalue weighted by Gasteiger charge is 2.06. The molecule has 16 heavy (non-hydrogen) atoms. The van der Waals surface area contributed by atoms with Crippen LogP contribution in [0.15, 0.2) is 23.0 Å². The van der Waals surface area contributed by atoms with Crippen LogP contribution in [0.2, 0.25) is 5.02 Å². The van der Waals surface area contributed by atoms with E-state index in [2.05, 4.69) is 4.98 Å². The minimum absolute atomic E-state index is 0.295. The Morgan fingerprint density at radius 1 is 1.44 bits per heavy atom. The first-order valence-corrected chi connectivity index (χ1v) is 5.04. The summed E-state index contributed by atoms with van der Waals surface area (Å²) in [4.78, 5) is 14.1. The third kappa shape index (κ3) is 1.77. The van der Waals surface area contributed by atoms with Crippen molar-refractivity contribution in [1.82, 2.24) is 4.98 Å². The molecule has 1 heterocycles. The molecular formula is C11H10ClNO3. The van der Waals surface area contributed by atoms with Crippen LogP contribution in [0.5, 0.6) is 5.75 Å². The van der Waals surface area contributed by atoms with Crippen molar-refractivity contribution >= 4 is 22.5 Å². The maximum Gasteiger partial charge on any atom is 0.253 e. The first kappa shape index (κ1) is 11.0. The summed E-state index contributed by atoms with van der Waals surface area (Å²) >= 11 is 5.93. The average Bonchev–Trinajstić information content (AvgIpc) is 2.27. The summed E-state index contributed by atoms with van der Waals surface area (Å²) in [6.07, 6.45) is 0. The van der Waals surface area contributed by atoms with Crippen molar-refractivity contribution in [2.24, 2.45) is 0 Å². The molecule has 1 aromatic heterocycles. The number of halogens is 1. The van der Waals surface area contributed by atoms with Gasteiger partial charge in [-0.05, 0) is 18.2 Å². The number of fused-ring (bicyclic) bond motifs is 1. The molecule has 0 radical (unpaired) electrons. The number of H-pyrrole nitrogens is 1. The second-order valence-electron chi connectivity index (χ2n) is 3.36. The molecule has 0 saturated heterocycles. The van der Waals surface area contributed by atoms with Gasteiger partial charge in [0.15, 0.2) is 0 Å². The maximum atomic E-state index is 11.4. The van der Waals surface area contributed by atoms with Crippen LogP contribution in [0.3, 0.4) is 0 Å². The van der Waals surface area contributed by atoms with Gasteiger partial charge in [-0.25, -0.2) is 0 Å². The summed E-state index contributed by atoms with van der Waals surface area (Å²) < 4.78 is 5.07. The number of pyridine rings is 1. The van der Waals surface area contributed by atoms with Crippen LogP contribution in [0.25, 0.3) is 10.9 Å². The number of hydrogen-bond acceptors (Lipinski definition) is 3. The Balaban J connectivity index is 2.77. The van der Waals surface area contributed by atoms with E-state index in [1.54, 1.807) is 18.2 Å². The molecule has 4 nitrogen and oxygen atoms in total. The molecule has 2 N–H and O–H groups in total. The molecule has 2 rings (SSSR count). The second kappa shape index (κ2) is 4.15. The average molecular weight is 240 g/mol. The number of aliphatic hydroxyl groups is 1. The molecule has 5 heteroatoms. The molecule has 2 aromatic rings. The molecule has 0 unspecified atom stereocenters. The number of benzene rings is 1. The van der Waals surface area contributed by atoms with Gasteiger partial charge in [0, 0.05) is 10.9 Å². The Hall–Kier alpha value is -1.52. The first-order valence-electron chi connectivity index (χ1n) is 4.66. The third-order valence-electron chi connectivity index (χ3n) is 2.36. The number of rotatable bonds is 2. The zero-order chi connectivity index (χ0) is 11.7. The van der Waals surface area contributed by atoms with Gasteiger partial charge in [-0.15, -0.1) is 0 Å². The number of hydrogen-bond donors (Lipinski definition) is 2. The van der Waals surface area contributed by atoms with E-state index in [0.29, 0.717) is 21.9 Å². The van der Waals surface area contributed by atoms with Gasteiger partial charge < -0.3 is 14.8 Å². The van der Waals surface area contributed by atoms with Crippen LogP contribution in [0.1, 0.15) is 5.56 Å². The SMILES string of the molecule is COc1cc2cc(CO)c(=O)[nH]c2cc1Cl. The molecule has 1 aromatic carbocycles. The summed E-state index contributed by atoms with van der Waals surface area (Å²) in [5.74, 6) is 0.533. The van der Waals surface area contributed by atoms with E-state index in [1.807, 2.05) is 0 Å². The number of aliphatic hydroxyl groups excluding tert-OH is 1. The van der Waals surface area contributed by atoms with Gasteiger partial charge in [-0.1, -0.05) is 11.6 Å². The number of nitrogens with one attached hydrogen (secondary N) is 1. The normalized spacial score (nSPS) is 10.7. The van der Waals surface area contributed by atoms with Crippen molar-refractivity contribution in [2.75, 3.05) is 7.11 Å². The van der Waals surface area contributed by atoms with Crippen LogP contribution >= 0.6 is 11.6 Å². The van der Waals surface area contributed by atoms with Gasteiger partial charge in [0.1, 0.15) is 5.75 Å². The van der Waals surface area contributed by atoms with Crippen LogP contribution in [-0.4, -0.2) is 17.2 Å². The highest BCUT2D eigenvalue weighted by atomic mass is 35.5. The first-order chi connectivity index (χ1) is 7.65. The largest absolute Gasteiger partial charge is 0.495 e. The fourth-order valence-corrected chi connectivity index (χ4v) is 1.77. The van der Waals surface area contributed by atoms with Crippen molar-refractivity contribution < 1.29 is 9.84 Å². The van der Waals surface area contributed by atoms with Crippen LogP contribution in [0.4, 0.5) is 0 Å². The van der Waals surface area contributed by atoms with Crippen molar-refractivity contribution in [3.05, 3.63) is 39.1 Å². The number of ether oxygens (including phenoxy) is 1. The predicted molar refractivity (Wildman–Crippen MR) is 62.1 cm³/mol. The fraction of sp³-hybridized carbons (Fsp3) is 0.182. The molecule has 0 amide bonds. The standard InChI is InChI=1S/C11H10ClNO3/c1-16-10-3-6-2-7(5-14)11(15)13-9(6)4-8(10)12/h2-4,14H,5H2,1H3,(H,13,15). The highest BCUT2D eigenvalue weighted by molar-refractivity contribution is 6.32. The Morgan fingerprint density at radius 2 is 2.19 bits per heavy atom. The van der Waals surface area contributed by atoms with Crippen LogP contribution in [0, 0.1) is 0 Å². The highest BCUT2D eigenvalue weighted by Crippen LogP contribution is 2.28. The molecule has 0 aliphatic rings. The predicted octanol–water partition coefficient (Wildman–Crippen LogP) is 1.68. The van der Waals surface area contributed by atoms with Crippen LogP contribution < -0.4 is 10.3 Å². The van der Waals surface area contributed by atoms with E-state index in [-0.39, 0.29) is 12.2 Å². The van der Waals surface area contributed by atoms with Crippen molar-refractivity contribution in [3.8, 4) is 5.75 Å². The van der Waals surface area contributed by atoms with Gasteiger partial charge >= 0.3 is 0 Å². The number of aromatic amines is 1. The Labute approximate surface area is 96.4 Å². The summed E-state index contributed by atoms with van der Waals surface area (Å²) in [5, 5.41) is 10.2. The van der Waals surface area contributed by atoms with Gasteiger partial charge in [0.25, 0.3) is 5.56 Å². The van der Waals surface area contributed by atoms with Gasteiger partial charge in [0.2, 0.25) is 0 Å².